The molecule has 0 spiro atoms. The molecule has 0 atom stereocenters. The highest BCUT2D eigenvalue weighted by atomic mass is 16.5. The van der Waals surface area contributed by atoms with Crippen LogP contribution in [0.15, 0.2) is 48.5 Å². The molecule has 0 bridgehead atoms. The van der Waals surface area contributed by atoms with Gasteiger partial charge < -0.3 is 4.74 Å². The minimum Gasteiger partial charge on any atom is -0.496 e. The highest BCUT2D eigenvalue weighted by Gasteiger charge is 2.08. The van der Waals surface area contributed by atoms with Gasteiger partial charge in [-0.2, -0.15) is 0 Å². The Bertz CT molecular complexity index is 559. The molecule has 2 heteroatoms. The molecule has 2 rings (SSSR count). The SMILES string of the molecule is CCC(=O)c1cccc(-c2ccccc2OC)c1. The minimum atomic E-state index is 0.159. The van der Waals surface area contributed by atoms with E-state index in [1.54, 1.807) is 7.11 Å². The van der Waals surface area contributed by atoms with Crippen molar-refractivity contribution in [3.8, 4) is 16.9 Å². The Hall–Kier alpha value is -2.09. The summed E-state index contributed by atoms with van der Waals surface area (Å²) in [6, 6.07) is 15.5. The number of rotatable bonds is 4. The predicted octanol–water partition coefficient (Wildman–Crippen LogP) is 3.95. The van der Waals surface area contributed by atoms with Crippen molar-refractivity contribution in [2.75, 3.05) is 7.11 Å². The number of benzene rings is 2. The van der Waals surface area contributed by atoms with Gasteiger partial charge in [0.2, 0.25) is 0 Å². The van der Waals surface area contributed by atoms with E-state index in [0.29, 0.717) is 6.42 Å². The van der Waals surface area contributed by atoms with Crippen LogP contribution in [0, 0.1) is 0 Å². The zero-order chi connectivity index (χ0) is 13.0. The summed E-state index contributed by atoms with van der Waals surface area (Å²) in [5, 5.41) is 0. The lowest BCUT2D eigenvalue weighted by atomic mass is 10.00. The Kier molecular flexibility index (Phi) is 3.78. The van der Waals surface area contributed by atoms with Gasteiger partial charge in [0, 0.05) is 17.5 Å². The quantitative estimate of drug-likeness (QED) is 0.756. The Labute approximate surface area is 107 Å². The minimum absolute atomic E-state index is 0.159. The Morgan fingerprint density at radius 3 is 2.61 bits per heavy atom. The fourth-order valence-corrected chi connectivity index (χ4v) is 1.95. The van der Waals surface area contributed by atoms with Crippen molar-refractivity contribution < 1.29 is 9.53 Å². The van der Waals surface area contributed by atoms with Gasteiger partial charge in [-0.05, 0) is 17.7 Å². The fourth-order valence-electron chi connectivity index (χ4n) is 1.95. The number of ether oxygens (including phenoxy) is 1. The summed E-state index contributed by atoms with van der Waals surface area (Å²) >= 11 is 0. The van der Waals surface area contributed by atoms with E-state index in [-0.39, 0.29) is 5.78 Å². The molecule has 0 unspecified atom stereocenters. The highest BCUT2D eigenvalue weighted by molar-refractivity contribution is 5.97. The number of para-hydroxylation sites is 1. The first kappa shape index (κ1) is 12.4. The maximum atomic E-state index is 11.7. The van der Waals surface area contributed by atoms with Gasteiger partial charge in [0.05, 0.1) is 7.11 Å². The molecule has 0 aliphatic heterocycles. The molecule has 0 aromatic heterocycles. The third kappa shape index (κ3) is 2.43. The molecule has 0 fully saturated rings. The molecule has 0 aliphatic rings. The monoisotopic (exact) mass is 240 g/mol. The molecule has 0 heterocycles. The van der Waals surface area contributed by atoms with Crippen molar-refractivity contribution in [3.05, 3.63) is 54.1 Å². The molecule has 0 N–H and O–H groups in total. The Morgan fingerprint density at radius 2 is 1.89 bits per heavy atom. The van der Waals surface area contributed by atoms with Gasteiger partial charge in [-0.15, -0.1) is 0 Å². The van der Waals surface area contributed by atoms with Crippen molar-refractivity contribution >= 4 is 5.78 Å². The lowest BCUT2D eigenvalue weighted by molar-refractivity contribution is 0.0988. The van der Waals surface area contributed by atoms with Gasteiger partial charge in [-0.1, -0.05) is 43.3 Å². The first-order valence-corrected chi connectivity index (χ1v) is 6.03. The summed E-state index contributed by atoms with van der Waals surface area (Å²) in [5.74, 6) is 0.977. The van der Waals surface area contributed by atoms with E-state index in [1.807, 2.05) is 55.5 Å². The maximum Gasteiger partial charge on any atom is 0.162 e. The molecule has 2 nitrogen and oxygen atoms in total. The van der Waals surface area contributed by atoms with E-state index in [9.17, 15) is 4.79 Å². The van der Waals surface area contributed by atoms with E-state index >= 15 is 0 Å². The van der Waals surface area contributed by atoms with Gasteiger partial charge in [0.15, 0.2) is 5.78 Å². The van der Waals surface area contributed by atoms with Crippen LogP contribution in [0.4, 0.5) is 0 Å². The molecule has 92 valence electrons. The largest absolute Gasteiger partial charge is 0.496 e. The molecule has 0 saturated heterocycles. The molecular weight excluding hydrogens is 224 g/mol. The smallest absolute Gasteiger partial charge is 0.162 e. The molecule has 0 radical (unpaired) electrons. The summed E-state index contributed by atoms with van der Waals surface area (Å²) in [6.45, 7) is 1.87. The van der Waals surface area contributed by atoms with Crippen LogP contribution in [0.5, 0.6) is 5.75 Å². The van der Waals surface area contributed by atoms with Crippen LogP contribution in [0.1, 0.15) is 23.7 Å². The van der Waals surface area contributed by atoms with Crippen molar-refractivity contribution in [3.63, 3.8) is 0 Å². The van der Waals surface area contributed by atoms with Crippen LogP contribution < -0.4 is 4.74 Å². The number of ketones is 1. The van der Waals surface area contributed by atoms with E-state index in [2.05, 4.69) is 0 Å². The third-order valence-electron chi connectivity index (χ3n) is 2.92. The van der Waals surface area contributed by atoms with Gasteiger partial charge in [-0.3, -0.25) is 4.79 Å². The van der Waals surface area contributed by atoms with Crippen molar-refractivity contribution in [1.29, 1.82) is 0 Å². The fraction of sp³-hybridized carbons (Fsp3) is 0.188. The van der Waals surface area contributed by atoms with E-state index in [0.717, 1.165) is 22.4 Å². The van der Waals surface area contributed by atoms with Gasteiger partial charge in [0.1, 0.15) is 5.75 Å². The maximum absolute atomic E-state index is 11.7. The topological polar surface area (TPSA) is 26.3 Å². The lowest BCUT2D eigenvalue weighted by Gasteiger charge is -2.09. The van der Waals surface area contributed by atoms with Crippen LogP contribution in [-0.2, 0) is 0 Å². The van der Waals surface area contributed by atoms with Gasteiger partial charge in [-0.25, -0.2) is 0 Å². The lowest BCUT2D eigenvalue weighted by Crippen LogP contribution is -1.96. The first-order chi connectivity index (χ1) is 8.76. The molecule has 2 aromatic carbocycles. The van der Waals surface area contributed by atoms with Crippen molar-refractivity contribution in [2.45, 2.75) is 13.3 Å². The number of hydrogen-bond donors (Lipinski definition) is 0. The summed E-state index contributed by atoms with van der Waals surface area (Å²) in [7, 11) is 1.65. The third-order valence-corrected chi connectivity index (χ3v) is 2.92. The number of hydrogen-bond acceptors (Lipinski definition) is 2. The molecule has 18 heavy (non-hydrogen) atoms. The van der Waals surface area contributed by atoms with Crippen LogP contribution >= 0.6 is 0 Å². The zero-order valence-electron chi connectivity index (χ0n) is 10.6. The number of Topliss-reactive ketones (excluding diaryl/α,β-unsaturated/α-hetero) is 1. The molecule has 0 aliphatic carbocycles. The van der Waals surface area contributed by atoms with Gasteiger partial charge >= 0.3 is 0 Å². The second-order valence-electron chi connectivity index (χ2n) is 4.06. The van der Waals surface area contributed by atoms with Crippen LogP contribution in [-0.4, -0.2) is 12.9 Å². The number of carbonyl (C=O) groups is 1. The second kappa shape index (κ2) is 5.50. The molecule has 0 saturated carbocycles. The number of carbonyl (C=O) groups excluding carboxylic acids is 1. The molecule has 2 aromatic rings. The summed E-state index contributed by atoms with van der Waals surface area (Å²) in [5.41, 5.74) is 2.76. The van der Waals surface area contributed by atoms with E-state index in [4.69, 9.17) is 4.74 Å². The summed E-state index contributed by atoms with van der Waals surface area (Å²) < 4.78 is 5.34. The van der Waals surface area contributed by atoms with Crippen LogP contribution in [0.3, 0.4) is 0 Å². The summed E-state index contributed by atoms with van der Waals surface area (Å²) in [6.07, 6.45) is 0.523. The Morgan fingerprint density at radius 1 is 1.11 bits per heavy atom. The highest BCUT2D eigenvalue weighted by Crippen LogP contribution is 2.30. The summed E-state index contributed by atoms with van der Waals surface area (Å²) in [4.78, 5) is 11.7. The molecular formula is C16H16O2. The number of methoxy groups -OCH3 is 1. The van der Waals surface area contributed by atoms with E-state index < -0.39 is 0 Å². The van der Waals surface area contributed by atoms with E-state index in [1.165, 1.54) is 0 Å². The zero-order valence-corrected chi connectivity index (χ0v) is 10.6. The average molecular weight is 240 g/mol. The average Bonchev–Trinajstić information content (AvgIpc) is 2.46. The van der Waals surface area contributed by atoms with Crippen molar-refractivity contribution in [1.82, 2.24) is 0 Å². The predicted molar refractivity (Wildman–Crippen MR) is 73.1 cm³/mol. The first-order valence-electron chi connectivity index (χ1n) is 6.03. The van der Waals surface area contributed by atoms with Crippen molar-refractivity contribution in [2.24, 2.45) is 0 Å². The second-order valence-corrected chi connectivity index (χ2v) is 4.06. The normalized spacial score (nSPS) is 10.1. The molecule has 0 amide bonds. The Balaban J connectivity index is 2.48. The van der Waals surface area contributed by atoms with Crippen LogP contribution in [0.25, 0.3) is 11.1 Å². The van der Waals surface area contributed by atoms with Crippen LogP contribution in [0.2, 0.25) is 0 Å². The van der Waals surface area contributed by atoms with Gasteiger partial charge in [0.25, 0.3) is 0 Å². The standard InChI is InChI=1S/C16H16O2/c1-3-15(17)13-8-6-7-12(11-13)14-9-4-5-10-16(14)18-2/h4-11H,3H2,1-2H3.